The van der Waals surface area contributed by atoms with Crippen LogP contribution in [0, 0.1) is 5.92 Å². The molecule has 0 aromatic carbocycles. The molecule has 0 unspecified atom stereocenters. The van der Waals surface area contributed by atoms with E-state index in [4.69, 9.17) is 10.2 Å². The molecule has 4 N–H and O–H groups in total. The Bertz CT molecular complexity index is 505. The van der Waals surface area contributed by atoms with E-state index in [1.54, 1.807) is 0 Å². The van der Waals surface area contributed by atoms with E-state index in [-0.39, 0.29) is 19.4 Å². The summed E-state index contributed by atoms with van der Waals surface area (Å²) in [7, 11) is 0. The minimum Gasteiger partial charge on any atom is -0.481 e. The van der Waals surface area contributed by atoms with Crippen LogP contribution in [0.4, 0.5) is 4.79 Å². The van der Waals surface area contributed by atoms with Crippen molar-refractivity contribution in [2.75, 3.05) is 13.1 Å². The SMILES string of the molecule is C[C@@H](CNC(=O)CN1C(=O)N[C@@H](CCC(=O)O)C1=O)C(=O)O. The topological polar surface area (TPSA) is 153 Å². The summed E-state index contributed by atoms with van der Waals surface area (Å²) in [5, 5.41) is 21.8. The summed E-state index contributed by atoms with van der Waals surface area (Å²) in [6, 6.07) is -1.74. The maximum absolute atomic E-state index is 11.9. The molecule has 1 aliphatic heterocycles. The van der Waals surface area contributed by atoms with Gasteiger partial charge in [-0.25, -0.2) is 4.79 Å². The molecule has 0 aromatic heterocycles. The second-order valence-corrected chi connectivity index (χ2v) is 4.90. The number of amides is 4. The number of nitrogens with zero attached hydrogens (tertiary/aromatic N) is 1. The van der Waals surface area contributed by atoms with E-state index in [1.807, 2.05) is 0 Å². The van der Waals surface area contributed by atoms with Gasteiger partial charge in [0.1, 0.15) is 12.6 Å². The quantitative estimate of drug-likeness (QED) is 0.402. The lowest BCUT2D eigenvalue weighted by Crippen LogP contribution is -2.42. The Morgan fingerprint density at radius 1 is 1.32 bits per heavy atom. The molecule has 0 spiro atoms. The summed E-state index contributed by atoms with van der Waals surface area (Å²) in [6.45, 7) is 0.735. The lowest BCUT2D eigenvalue weighted by Gasteiger charge is -2.14. The summed E-state index contributed by atoms with van der Waals surface area (Å²) in [5.41, 5.74) is 0. The number of carbonyl (C=O) groups excluding carboxylic acids is 3. The third kappa shape index (κ3) is 4.72. The van der Waals surface area contributed by atoms with Crippen LogP contribution in [-0.4, -0.2) is 64.0 Å². The molecule has 122 valence electrons. The highest BCUT2D eigenvalue weighted by molar-refractivity contribution is 6.06. The highest BCUT2D eigenvalue weighted by Gasteiger charge is 2.38. The third-order valence-corrected chi connectivity index (χ3v) is 3.08. The van der Waals surface area contributed by atoms with Crippen LogP contribution in [-0.2, 0) is 19.2 Å². The molecule has 22 heavy (non-hydrogen) atoms. The van der Waals surface area contributed by atoms with Crippen LogP contribution in [0.15, 0.2) is 0 Å². The van der Waals surface area contributed by atoms with Gasteiger partial charge in [-0.05, 0) is 6.42 Å². The van der Waals surface area contributed by atoms with Gasteiger partial charge in [0.05, 0.1) is 5.92 Å². The number of aliphatic carboxylic acids is 2. The Morgan fingerprint density at radius 2 is 1.95 bits per heavy atom. The number of carboxylic acid groups (broad SMARTS) is 2. The van der Waals surface area contributed by atoms with Gasteiger partial charge in [-0.1, -0.05) is 6.92 Å². The maximum Gasteiger partial charge on any atom is 0.325 e. The number of carboxylic acids is 2. The number of imide groups is 1. The first-order chi connectivity index (χ1) is 10.2. The van der Waals surface area contributed by atoms with E-state index in [1.165, 1.54) is 6.92 Å². The van der Waals surface area contributed by atoms with Crippen molar-refractivity contribution in [1.29, 1.82) is 0 Å². The largest absolute Gasteiger partial charge is 0.481 e. The van der Waals surface area contributed by atoms with Gasteiger partial charge in [-0.15, -0.1) is 0 Å². The van der Waals surface area contributed by atoms with Crippen molar-refractivity contribution in [1.82, 2.24) is 15.5 Å². The molecule has 0 aromatic rings. The predicted octanol–water partition coefficient (Wildman–Crippen LogP) is -1.39. The fraction of sp³-hybridized carbons (Fsp3) is 0.583. The highest BCUT2D eigenvalue weighted by atomic mass is 16.4. The summed E-state index contributed by atoms with van der Waals surface area (Å²) in [4.78, 5) is 56.8. The number of urea groups is 1. The first kappa shape index (κ1) is 17.4. The van der Waals surface area contributed by atoms with Crippen molar-refractivity contribution >= 4 is 29.8 Å². The van der Waals surface area contributed by atoms with Gasteiger partial charge >= 0.3 is 18.0 Å². The van der Waals surface area contributed by atoms with Crippen LogP contribution in [0.3, 0.4) is 0 Å². The van der Waals surface area contributed by atoms with E-state index in [0.717, 1.165) is 0 Å². The van der Waals surface area contributed by atoms with Crippen molar-refractivity contribution < 1.29 is 34.2 Å². The van der Waals surface area contributed by atoms with Crippen LogP contribution in [0.25, 0.3) is 0 Å². The smallest absolute Gasteiger partial charge is 0.325 e. The molecule has 0 radical (unpaired) electrons. The molecule has 10 heteroatoms. The molecule has 0 aliphatic carbocycles. The summed E-state index contributed by atoms with van der Waals surface area (Å²) < 4.78 is 0. The first-order valence-electron chi connectivity index (χ1n) is 6.55. The van der Waals surface area contributed by atoms with Crippen LogP contribution in [0.1, 0.15) is 19.8 Å². The normalized spacial score (nSPS) is 18.8. The van der Waals surface area contributed by atoms with E-state index in [0.29, 0.717) is 4.90 Å². The zero-order chi connectivity index (χ0) is 16.9. The molecule has 0 saturated carbocycles. The fourth-order valence-electron chi connectivity index (χ4n) is 1.74. The van der Waals surface area contributed by atoms with Gasteiger partial charge < -0.3 is 20.8 Å². The molecule has 1 saturated heterocycles. The first-order valence-corrected chi connectivity index (χ1v) is 6.55. The molecule has 10 nitrogen and oxygen atoms in total. The summed E-state index contributed by atoms with van der Waals surface area (Å²) in [6.07, 6.45) is -0.346. The minimum absolute atomic E-state index is 0.0614. The van der Waals surface area contributed by atoms with Crippen molar-refractivity contribution in [2.45, 2.75) is 25.8 Å². The van der Waals surface area contributed by atoms with E-state index < -0.39 is 48.3 Å². The molecular weight excluding hydrogens is 298 g/mol. The zero-order valence-corrected chi connectivity index (χ0v) is 11.9. The summed E-state index contributed by atoms with van der Waals surface area (Å²) in [5.74, 6) is -4.32. The average molecular weight is 315 g/mol. The van der Waals surface area contributed by atoms with E-state index in [2.05, 4.69) is 10.6 Å². The number of nitrogens with one attached hydrogen (secondary N) is 2. The van der Waals surface area contributed by atoms with Crippen molar-refractivity contribution in [2.24, 2.45) is 5.92 Å². The van der Waals surface area contributed by atoms with Gasteiger partial charge in [-0.2, -0.15) is 0 Å². The second-order valence-electron chi connectivity index (χ2n) is 4.90. The van der Waals surface area contributed by atoms with Gasteiger partial charge in [0.25, 0.3) is 5.91 Å². The second kappa shape index (κ2) is 7.38. The average Bonchev–Trinajstić information content (AvgIpc) is 2.69. The van der Waals surface area contributed by atoms with Gasteiger partial charge in [0.15, 0.2) is 0 Å². The van der Waals surface area contributed by atoms with Crippen LogP contribution in [0.5, 0.6) is 0 Å². The summed E-state index contributed by atoms with van der Waals surface area (Å²) >= 11 is 0. The van der Waals surface area contributed by atoms with Crippen LogP contribution < -0.4 is 10.6 Å². The Kier molecular flexibility index (Phi) is 5.84. The van der Waals surface area contributed by atoms with Crippen molar-refractivity contribution in [3.8, 4) is 0 Å². The fourth-order valence-corrected chi connectivity index (χ4v) is 1.74. The third-order valence-electron chi connectivity index (χ3n) is 3.08. The molecule has 1 heterocycles. The van der Waals surface area contributed by atoms with Crippen molar-refractivity contribution in [3.05, 3.63) is 0 Å². The standard InChI is InChI=1S/C12H17N3O7/c1-6(11(20)21)4-13-8(16)5-15-10(19)7(14-12(15)22)2-3-9(17)18/h6-7H,2-5H2,1H3,(H,13,16)(H,14,22)(H,17,18)(H,20,21)/t6-,7-/m0/s1. The minimum atomic E-state index is -1.10. The number of rotatable bonds is 8. The lowest BCUT2D eigenvalue weighted by molar-refractivity contribution is -0.141. The lowest BCUT2D eigenvalue weighted by atomic mass is 10.1. The van der Waals surface area contributed by atoms with Gasteiger partial charge in [0, 0.05) is 13.0 Å². The van der Waals surface area contributed by atoms with Crippen molar-refractivity contribution in [3.63, 3.8) is 0 Å². The monoisotopic (exact) mass is 315 g/mol. The molecule has 1 aliphatic rings. The predicted molar refractivity (Wildman–Crippen MR) is 70.7 cm³/mol. The Morgan fingerprint density at radius 3 is 2.50 bits per heavy atom. The van der Waals surface area contributed by atoms with E-state index in [9.17, 15) is 24.0 Å². The Labute approximate surface area is 125 Å². The molecule has 1 rings (SSSR count). The number of carbonyl (C=O) groups is 5. The van der Waals surface area contributed by atoms with Crippen LogP contribution in [0.2, 0.25) is 0 Å². The molecule has 0 bridgehead atoms. The van der Waals surface area contributed by atoms with Gasteiger partial charge in [0.2, 0.25) is 5.91 Å². The van der Waals surface area contributed by atoms with Gasteiger partial charge in [-0.3, -0.25) is 24.1 Å². The highest BCUT2D eigenvalue weighted by Crippen LogP contribution is 2.10. The van der Waals surface area contributed by atoms with Crippen LogP contribution >= 0.6 is 0 Å². The number of hydrogen-bond acceptors (Lipinski definition) is 5. The molecule has 2 atom stereocenters. The Balaban J connectivity index is 2.49. The number of hydrogen-bond donors (Lipinski definition) is 4. The maximum atomic E-state index is 11.9. The molecule has 1 fully saturated rings. The zero-order valence-electron chi connectivity index (χ0n) is 11.9. The van der Waals surface area contributed by atoms with E-state index >= 15 is 0 Å². The Hall–Kier alpha value is -2.65. The molecular formula is C12H17N3O7. The molecule has 4 amide bonds.